The second kappa shape index (κ2) is 5.12. The number of hydrogen-bond acceptors (Lipinski definition) is 3. The van der Waals surface area contributed by atoms with Crippen molar-refractivity contribution in [3.8, 4) is 0 Å². The lowest BCUT2D eigenvalue weighted by atomic mass is 9.97. The predicted molar refractivity (Wildman–Crippen MR) is 48.3 cm³/mol. The Hall–Kier alpha value is -0.700. The third-order valence-electron chi connectivity index (χ3n) is 2.46. The number of aliphatic hydroxyl groups is 1. The molecule has 3 nitrogen and oxygen atoms in total. The van der Waals surface area contributed by atoms with Crippen LogP contribution < -0.4 is 0 Å². The van der Waals surface area contributed by atoms with Crippen molar-refractivity contribution in [2.45, 2.75) is 51.0 Å². The van der Waals surface area contributed by atoms with Crippen molar-refractivity contribution in [2.24, 2.45) is 0 Å². The third-order valence-corrected chi connectivity index (χ3v) is 2.46. The van der Waals surface area contributed by atoms with Gasteiger partial charge in [-0.1, -0.05) is 25.7 Å². The van der Waals surface area contributed by atoms with Crippen LogP contribution in [0.2, 0.25) is 0 Å². The molecule has 1 aliphatic rings. The fourth-order valence-corrected chi connectivity index (χ4v) is 1.59. The molecule has 0 heterocycles. The first-order valence-electron chi connectivity index (χ1n) is 4.97. The molecular formula is C10H16O3. The van der Waals surface area contributed by atoms with Gasteiger partial charge in [-0.05, 0) is 12.8 Å². The van der Waals surface area contributed by atoms with Crippen molar-refractivity contribution < 1.29 is 14.7 Å². The molecule has 1 fully saturated rings. The Labute approximate surface area is 78.1 Å². The molecule has 1 rings (SSSR count). The number of aliphatic hydroxyl groups excluding tert-OH is 1. The molecule has 1 unspecified atom stereocenters. The topological polar surface area (TPSA) is 54.4 Å². The van der Waals surface area contributed by atoms with Gasteiger partial charge in [0, 0.05) is 6.42 Å². The first kappa shape index (κ1) is 10.4. The highest BCUT2D eigenvalue weighted by molar-refractivity contribution is 6.38. The Kier molecular flexibility index (Phi) is 4.09. The molecule has 0 aromatic carbocycles. The fourth-order valence-electron chi connectivity index (χ4n) is 1.59. The van der Waals surface area contributed by atoms with E-state index in [0.29, 0.717) is 12.8 Å². The molecule has 74 valence electrons. The zero-order valence-electron chi connectivity index (χ0n) is 7.79. The summed E-state index contributed by atoms with van der Waals surface area (Å²) in [7, 11) is 0. The van der Waals surface area contributed by atoms with Crippen LogP contribution in [-0.2, 0) is 9.59 Å². The van der Waals surface area contributed by atoms with Crippen LogP contribution in [0.1, 0.15) is 44.9 Å². The van der Waals surface area contributed by atoms with Gasteiger partial charge in [0.05, 0.1) is 0 Å². The quantitative estimate of drug-likeness (QED) is 0.576. The van der Waals surface area contributed by atoms with E-state index in [1.54, 1.807) is 0 Å². The van der Waals surface area contributed by atoms with Gasteiger partial charge in [0.15, 0.2) is 0 Å². The van der Waals surface area contributed by atoms with Crippen molar-refractivity contribution in [3.05, 3.63) is 0 Å². The number of carbonyl (C=O) groups is 2. The lowest BCUT2D eigenvalue weighted by Gasteiger charge is -2.10. The van der Waals surface area contributed by atoms with E-state index < -0.39 is 17.7 Å². The van der Waals surface area contributed by atoms with E-state index in [1.807, 2.05) is 0 Å². The Morgan fingerprint density at radius 3 is 2.38 bits per heavy atom. The molecule has 0 aromatic heterocycles. The van der Waals surface area contributed by atoms with Gasteiger partial charge in [-0.15, -0.1) is 0 Å². The second-order valence-electron chi connectivity index (χ2n) is 3.61. The summed E-state index contributed by atoms with van der Waals surface area (Å²) in [4.78, 5) is 22.3. The van der Waals surface area contributed by atoms with Gasteiger partial charge in [-0.25, -0.2) is 0 Å². The highest BCUT2D eigenvalue weighted by Crippen LogP contribution is 2.13. The van der Waals surface area contributed by atoms with Crippen molar-refractivity contribution >= 4 is 11.6 Å². The van der Waals surface area contributed by atoms with Crippen molar-refractivity contribution in [3.63, 3.8) is 0 Å². The van der Waals surface area contributed by atoms with E-state index in [1.165, 1.54) is 0 Å². The number of rotatable bonds is 0. The van der Waals surface area contributed by atoms with E-state index in [2.05, 4.69) is 0 Å². The average molecular weight is 184 g/mol. The third kappa shape index (κ3) is 3.27. The Morgan fingerprint density at radius 1 is 1.00 bits per heavy atom. The zero-order valence-corrected chi connectivity index (χ0v) is 7.79. The lowest BCUT2D eigenvalue weighted by molar-refractivity contribution is -0.142. The molecular weight excluding hydrogens is 168 g/mol. The maximum atomic E-state index is 11.2. The van der Waals surface area contributed by atoms with Crippen LogP contribution in [0.15, 0.2) is 0 Å². The van der Waals surface area contributed by atoms with Crippen LogP contribution in [0, 0.1) is 0 Å². The first-order valence-corrected chi connectivity index (χ1v) is 4.97. The van der Waals surface area contributed by atoms with E-state index >= 15 is 0 Å². The molecule has 0 spiro atoms. The lowest BCUT2D eigenvalue weighted by Crippen LogP contribution is -2.28. The van der Waals surface area contributed by atoms with E-state index in [-0.39, 0.29) is 0 Å². The fraction of sp³-hybridized carbons (Fsp3) is 0.800. The highest BCUT2D eigenvalue weighted by atomic mass is 16.3. The van der Waals surface area contributed by atoms with Crippen LogP contribution in [0.4, 0.5) is 0 Å². The van der Waals surface area contributed by atoms with E-state index in [0.717, 1.165) is 32.1 Å². The summed E-state index contributed by atoms with van der Waals surface area (Å²) in [5.41, 5.74) is 0. The molecule has 1 aliphatic carbocycles. The summed E-state index contributed by atoms with van der Waals surface area (Å²) in [6.07, 6.45) is 4.55. The van der Waals surface area contributed by atoms with Crippen molar-refractivity contribution in [2.75, 3.05) is 0 Å². The van der Waals surface area contributed by atoms with Gasteiger partial charge in [0.25, 0.3) is 0 Å². The number of Topliss-reactive ketones (excluding diaryl/α,β-unsaturated/α-hetero) is 2. The molecule has 0 amide bonds. The van der Waals surface area contributed by atoms with Gasteiger partial charge in [0.1, 0.15) is 6.10 Å². The van der Waals surface area contributed by atoms with E-state index in [9.17, 15) is 14.7 Å². The van der Waals surface area contributed by atoms with Crippen LogP contribution >= 0.6 is 0 Å². The minimum Gasteiger partial charge on any atom is -0.385 e. The summed E-state index contributed by atoms with van der Waals surface area (Å²) >= 11 is 0. The Balaban J connectivity index is 2.50. The molecule has 1 N–H and O–H groups in total. The molecule has 1 atom stereocenters. The Morgan fingerprint density at radius 2 is 1.62 bits per heavy atom. The molecule has 0 bridgehead atoms. The monoisotopic (exact) mass is 184 g/mol. The molecule has 0 aliphatic heterocycles. The smallest absolute Gasteiger partial charge is 0.226 e. The number of ketones is 2. The molecule has 0 radical (unpaired) electrons. The minimum absolute atomic E-state index is 0.315. The van der Waals surface area contributed by atoms with Gasteiger partial charge >= 0.3 is 0 Å². The minimum atomic E-state index is -1.04. The number of hydrogen-bond donors (Lipinski definition) is 1. The van der Waals surface area contributed by atoms with E-state index in [4.69, 9.17) is 0 Å². The van der Waals surface area contributed by atoms with Crippen LogP contribution in [0.5, 0.6) is 0 Å². The SMILES string of the molecule is O=C1CCCCCCCC(O)C1=O. The normalized spacial score (nSPS) is 27.3. The zero-order chi connectivity index (χ0) is 9.68. The summed E-state index contributed by atoms with van der Waals surface area (Å²) in [6.45, 7) is 0. The molecule has 0 saturated heterocycles. The standard InChI is InChI=1S/C10H16O3/c11-8-6-4-2-1-3-5-7-9(12)10(8)13/h8,11H,1-7H2. The van der Waals surface area contributed by atoms with Gasteiger partial charge in [-0.3, -0.25) is 9.59 Å². The second-order valence-corrected chi connectivity index (χ2v) is 3.61. The van der Waals surface area contributed by atoms with Crippen LogP contribution in [0.25, 0.3) is 0 Å². The summed E-state index contributed by atoms with van der Waals surface area (Å²) in [6, 6.07) is 0. The average Bonchev–Trinajstić information content (AvgIpc) is 2.13. The molecule has 3 heteroatoms. The summed E-state index contributed by atoms with van der Waals surface area (Å²) in [5.74, 6) is -0.976. The van der Waals surface area contributed by atoms with Gasteiger partial charge < -0.3 is 5.11 Å². The van der Waals surface area contributed by atoms with Crippen LogP contribution in [-0.4, -0.2) is 22.8 Å². The maximum Gasteiger partial charge on any atom is 0.226 e. The largest absolute Gasteiger partial charge is 0.385 e. The summed E-state index contributed by atoms with van der Waals surface area (Å²) < 4.78 is 0. The number of carbonyl (C=O) groups excluding carboxylic acids is 2. The predicted octanol–water partition coefficient (Wildman–Crippen LogP) is 1.23. The molecule has 13 heavy (non-hydrogen) atoms. The first-order chi connectivity index (χ1) is 6.22. The van der Waals surface area contributed by atoms with Crippen molar-refractivity contribution in [1.82, 2.24) is 0 Å². The summed E-state index contributed by atoms with van der Waals surface area (Å²) in [5, 5.41) is 9.30. The van der Waals surface area contributed by atoms with Crippen molar-refractivity contribution in [1.29, 1.82) is 0 Å². The highest BCUT2D eigenvalue weighted by Gasteiger charge is 2.22. The molecule has 1 saturated carbocycles. The maximum absolute atomic E-state index is 11.2. The van der Waals surface area contributed by atoms with Gasteiger partial charge in [0.2, 0.25) is 11.6 Å². The van der Waals surface area contributed by atoms with Crippen LogP contribution in [0.3, 0.4) is 0 Å². The Bertz CT molecular complexity index is 198. The molecule has 0 aromatic rings. The van der Waals surface area contributed by atoms with Gasteiger partial charge in [-0.2, -0.15) is 0 Å².